The van der Waals surface area contributed by atoms with Gasteiger partial charge in [0.25, 0.3) is 0 Å². The van der Waals surface area contributed by atoms with Crippen LogP contribution in [0.2, 0.25) is 0 Å². The van der Waals surface area contributed by atoms with Gasteiger partial charge in [-0.15, -0.1) is 0 Å². The molecule has 0 aromatic heterocycles. The number of aliphatic hydroxyl groups excluding tert-OH is 4. The Labute approximate surface area is 153 Å². The minimum atomic E-state index is -1.41. The van der Waals surface area contributed by atoms with Gasteiger partial charge in [0.2, 0.25) is 0 Å². The van der Waals surface area contributed by atoms with Crippen LogP contribution >= 0.6 is 0 Å². The molecule has 0 fully saturated rings. The number of ketones is 1. The molecule has 4 atom stereocenters. The van der Waals surface area contributed by atoms with Crippen LogP contribution < -0.4 is 0 Å². The van der Waals surface area contributed by atoms with Crippen molar-refractivity contribution in [2.45, 2.75) is 57.8 Å². The first-order valence-corrected chi connectivity index (χ1v) is 8.69. The van der Waals surface area contributed by atoms with Crippen LogP contribution in [0.4, 0.5) is 0 Å². The lowest BCUT2D eigenvalue weighted by atomic mass is 9.77. The molecule has 0 amide bonds. The lowest BCUT2D eigenvalue weighted by molar-refractivity contribution is -0.133. The van der Waals surface area contributed by atoms with E-state index in [1.807, 2.05) is 0 Å². The first kappa shape index (κ1) is 22.2. The fourth-order valence-corrected chi connectivity index (χ4v) is 2.84. The molecular weight excluding hydrogens is 340 g/mol. The van der Waals surface area contributed by atoms with Crippen molar-refractivity contribution in [3.63, 3.8) is 0 Å². The Bertz CT molecular complexity index is 601. The van der Waals surface area contributed by atoms with Crippen molar-refractivity contribution in [1.82, 2.24) is 0 Å². The number of rotatable bonds is 9. The average Bonchev–Trinajstić information content (AvgIpc) is 2.58. The second-order valence-electron chi connectivity index (χ2n) is 6.61. The molecule has 7 heteroatoms. The van der Waals surface area contributed by atoms with Crippen LogP contribution in [0, 0.1) is 5.92 Å². The molecule has 0 spiro atoms. The molecule has 26 heavy (non-hydrogen) atoms. The monoisotopic (exact) mass is 368 g/mol. The molecular formula is C19H28O7. The number of allylic oxidation sites excluding steroid dienone is 4. The Balaban J connectivity index is 2.99. The van der Waals surface area contributed by atoms with E-state index in [2.05, 4.69) is 0 Å². The molecule has 7 nitrogen and oxygen atoms in total. The largest absolute Gasteiger partial charge is 0.478 e. The zero-order chi connectivity index (χ0) is 19.9. The highest BCUT2D eigenvalue weighted by Gasteiger charge is 2.40. The van der Waals surface area contributed by atoms with E-state index in [0.29, 0.717) is 12.8 Å². The fraction of sp³-hybridized carbons (Fsp3) is 0.579. The maximum absolute atomic E-state index is 12.7. The summed E-state index contributed by atoms with van der Waals surface area (Å²) >= 11 is 0. The summed E-state index contributed by atoms with van der Waals surface area (Å²) < 4.78 is 0. The first-order chi connectivity index (χ1) is 12.2. The molecule has 146 valence electrons. The predicted octanol–water partition coefficient (Wildman–Crippen LogP) is 0.724. The summed E-state index contributed by atoms with van der Waals surface area (Å²) in [5, 5.41) is 48.0. The molecule has 5 N–H and O–H groups in total. The van der Waals surface area contributed by atoms with E-state index < -0.39 is 42.6 Å². The molecule has 0 unspecified atom stereocenters. The van der Waals surface area contributed by atoms with Gasteiger partial charge in [0.1, 0.15) is 6.10 Å². The van der Waals surface area contributed by atoms with Gasteiger partial charge in [-0.25, -0.2) is 4.79 Å². The standard InChI is InChI=1S/C19H28O7/c1-11(19(25)26)8-9-14-16(22)13(7-5-3-4-6-12(2)21)15(10-20)18(24)17(14)23/h5,7-8,12,14,17-18,20-21,23-24H,3-4,6,9-10H2,1-2H3,(H,25,26)/b7-5+,11-8+/t12-,14+,17+,18-/m1/s1. The van der Waals surface area contributed by atoms with Crippen LogP contribution in [0.1, 0.15) is 39.5 Å². The molecule has 0 radical (unpaired) electrons. The molecule has 1 rings (SSSR count). The fourth-order valence-electron chi connectivity index (χ4n) is 2.84. The van der Waals surface area contributed by atoms with E-state index in [0.717, 1.165) is 6.42 Å². The number of carbonyl (C=O) groups is 2. The van der Waals surface area contributed by atoms with Gasteiger partial charge >= 0.3 is 5.97 Å². The van der Waals surface area contributed by atoms with Gasteiger partial charge < -0.3 is 25.5 Å². The van der Waals surface area contributed by atoms with Gasteiger partial charge in [-0.2, -0.15) is 0 Å². The SMILES string of the molecule is C/C(=C\C[C@H]1C(=O)C(/C=C/CCC[C@@H](C)O)=C(CO)[C@@H](O)[C@H]1O)C(=O)O. The van der Waals surface area contributed by atoms with Crippen molar-refractivity contribution < 1.29 is 35.1 Å². The summed E-state index contributed by atoms with van der Waals surface area (Å²) in [5.74, 6) is -2.53. The Hall–Kier alpha value is -1.80. The van der Waals surface area contributed by atoms with Crippen LogP contribution in [-0.2, 0) is 9.59 Å². The molecule has 0 aromatic rings. The van der Waals surface area contributed by atoms with Crippen LogP contribution in [-0.4, -0.2) is 62.2 Å². The van der Waals surface area contributed by atoms with E-state index in [1.165, 1.54) is 19.1 Å². The first-order valence-electron chi connectivity index (χ1n) is 8.69. The number of Topliss-reactive ketones (excluding diaryl/α,β-unsaturated/α-hetero) is 1. The average molecular weight is 368 g/mol. The van der Waals surface area contributed by atoms with Gasteiger partial charge in [0, 0.05) is 11.1 Å². The summed E-state index contributed by atoms with van der Waals surface area (Å²) in [6.45, 7) is 2.51. The van der Waals surface area contributed by atoms with E-state index >= 15 is 0 Å². The summed E-state index contributed by atoms with van der Waals surface area (Å²) in [5.41, 5.74) is 0.254. The van der Waals surface area contributed by atoms with Crippen molar-refractivity contribution in [2.75, 3.05) is 6.61 Å². The lowest BCUT2D eigenvalue weighted by Crippen LogP contribution is -2.45. The highest BCUT2D eigenvalue weighted by atomic mass is 16.4. The molecule has 0 aliphatic heterocycles. The molecule has 0 bridgehead atoms. The van der Waals surface area contributed by atoms with Gasteiger partial charge in [-0.1, -0.05) is 18.2 Å². The van der Waals surface area contributed by atoms with Crippen molar-refractivity contribution in [2.24, 2.45) is 5.92 Å². The number of unbranched alkanes of at least 4 members (excludes halogenated alkanes) is 1. The molecule has 1 aliphatic carbocycles. The van der Waals surface area contributed by atoms with Crippen LogP contribution in [0.25, 0.3) is 0 Å². The van der Waals surface area contributed by atoms with E-state index in [1.54, 1.807) is 13.0 Å². The quantitative estimate of drug-likeness (QED) is 0.299. The zero-order valence-corrected chi connectivity index (χ0v) is 15.1. The zero-order valence-electron chi connectivity index (χ0n) is 15.1. The summed E-state index contributed by atoms with van der Waals surface area (Å²) in [6, 6.07) is 0. The normalized spacial score (nSPS) is 25.8. The Kier molecular flexibility index (Phi) is 8.87. The number of aliphatic carboxylic acids is 1. The number of hydrogen-bond acceptors (Lipinski definition) is 6. The minimum absolute atomic E-state index is 0.0206. The number of carbonyl (C=O) groups excluding carboxylic acids is 1. The summed E-state index contributed by atoms with van der Waals surface area (Å²) in [4.78, 5) is 23.6. The Morgan fingerprint density at radius 2 is 1.96 bits per heavy atom. The van der Waals surface area contributed by atoms with Crippen LogP contribution in [0.5, 0.6) is 0 Å². The maximum Gasteiger partial charge on any atom is 0.330 e. The smallest absolute Gasteiger partial charge is 0.330 e. The number of hydrogen-bond donors (Lipinski definition) is 5. The summed E-state index contributed by atoms with van der Waals surface area (Å²) in [6.07, 6.45) is 3.32. The Morgan fingerprint density at radius 3 is 2.50 bits per heavy atom. The van der Waals surface area contributed by atoms with Crippen LogP contribution in [0.3, 0.4) is 0 Å². The second kappa shape index (κ2) is 10.4. The molecule has 0 saturated carbocycles. The van der Waals surface area contributed by atoms with Crippen molar-refractivity contribution in [3.05, 3.63) is 34.9 Å². The molecule has 0 heterocycles. The topological polar surface area (TPSA) is 135 Å². The van der Waals surface area contributed by atoms with E-state index in [4.69, 9.17) is 5.11 Å². The molecule has 1 aliphatic rings. The van der Waals surface area contributed by atoms with Gasteiger partial charge in [-0.3, -0.25) is 4.79 Å². The molecule has 0 saturated heterocycles. The van der Waals surface area contributed by atoms with E-state index in [-0.39, 0.29) is 23.1 Å². The van der Waals surface area contributed by atoms with Crippen LogP contribution in [0.15, 0.2) is 34.9 Å². The van der Waals surface area contributed by atoms with E-state index in [9.17, 15) is 30.0 Å². The number of carboxylic acids is 1. The summed E-state index contributed by atoms with van der Waals surface area (Å²) in [7, 11) is 0. The third-order valence-corrected chi connectivity index (χ3v) is 4.50. The predicted molar refractivity (Wildman–Crippen MR) is 95.3 cm³/mol. The minimum Gasteiger partial charge on any atom is -0.478 e. The van der Waals surface area contributed by atoms with Gasteiger partial charge in [-0.05, 0) is 45.1 Å². The highest BCUT2D eigenvalue weighted by Crippen LogP contribution is 2.31. The van der Waals surface area contributed by atoms with Crippen molar-refractivity contribution >= 4 is 11.8 Å². The third-order valence-electron chi connectivity index (χ3n) is 4.50. The van der Waals surface area contributed by atoms with Gasteiger partial charge in [0.15, 0.2) is 5.78 Å². The van der Waals surface area contributed by atoms with Crippen molar-refractivity contribution in [3.8, 4) is 0 Å². The van der Waals surface area contributed by atoms with Gasteiger partial charge in [0.05, 0.1) is 24.7 Å². The Morgan fingerprint density at radius 1 is 1.31 bits per heavy atom. The third kappa shape index (κ3) is 5.88. The maximum atomic E-state index is 12.7. The molecule has 0 aromatic carbocycles. The lowest BCUT2D eigenvalue weighted by Gasteiger charge is -2.33. The van der Waals surface area contributed by atoms with Crippen molar-refractivity contribution in [1.29, 1.82) is 0 Å². The highest BCUT2D eigenvalue weighted by molar-refractivity contribution is 6.02. The number of carboxylic acid groups (broad SMARTS) is 1. The number of aliphatic hydroxyl groups is 4. The second-order valence-corrected chi connectivity index (χ2v) is 6.61.